The zero-order chi connectivity index (χ0) is 23.4. The number of aromatic nitrogens is 2. The van der Waals surface area contributed by atoms with Gasteiger partial charge in [-0.2, -0.15) is 5.10 Å². The van der Waals surface area contributed by atoms with Gasteiger partial charge in [-0.3, -0.25) is 5.43 Å². The van der Waals surface area contributed by atoms with Gasteiger partial charge in [0.15, 0.2) is 17.3 Å². The van der Waals surface area contributed by atoms with Crippen LogP contribution in [0.25, 0.3) is 20.7 Å². The molecule has 0 aliphatic heterocycles. The van der Waals surface area contributed by atoms with E-state index in [0.717, 1.165) is 32.0 Å². The second-order valence-electron chi connectivity index (χ2n) is 7.03. The normalized spacial score (nSPS) is 11.2. The molecule has 0 unspecified atom stereocenters. The number of para-hydroxylation sites is 1. The van der Waals surface area contributed by atoms with Crippen LogP contribution in [-0.2, 0) is 0 Å². The number of aromatic hydroxyl groups is 1. The van der Waals surface area contributed by atoms with Crippen LogP contribution in [0.1, 0.15) is 18.1 Å². The van der Waals surface area contributed by atoms with E-state index in [-0.39, 0.29) is 5.75 Å². The highest BCUT2D eigenvalue weighted by molar-refractivity contribution is 7.23. The van der Waals surface area contributed by atoms with Gasteiger partial charge >= 0.3 is 0 Å². The molecule has 4 aromatic rings. The Kier molecular flexibility index (Phi) is 6.60. The monoisotopic (exact) mass is 464 g/mol. The molecule has 0 saturated heterocycles. The third-order valence-electron chi connectivity index (χ3n) is 5.02. The maximum atomic E-state index is 10.1. The third-order valence-corrected chi connectivity index (χ3v) is 6.34. The second-order valence-corrected chi connectivity index (χ2v) is 8.05. The van der Waals surface area contributed by atoms with Gasteiger partial charge in [-0.05, 0) is 43.7 Å². The fourth-order valence-corrected chi connectivity index (χ4v) is 4.68. The summed E-state index contributed by atoms with van der Waals surface area (Å²) in [6.45, 7) is 4.61. The van der Waals surface area contributed by atoms with E-state index in [1.165, 1.54) is 20.5 Å². The number of anilines is 1. The Hall–Kier alpha value is -3.85. The average Bonchev–Trinajstić information content (AvgIpc) is 3.17. The fraction of sp³-hybridized carbons (Fsp3) is 0.208. The maximum absolute atomic E-state index is 10.1. The van der Waals surface area contributed by atoms with Crippen LogP contribution in [0, 0.1) is 6.92 Å². The molecule has 170 valence electrons. The van der Waals surface area contributed by atoms with Crippen LogP contribution >= 0.6 is 11.3 Å². The number of aryl methyl sites for hydroxylation is 1. The van der Waals surface area contributed by atoms with Gasteiger partial charge in [0.1, 0.15) is 12.1 Å². The van der Waals surface area contributed by atoms with Gasteiger partial charge in [0.05, 0.1) is 37.3 Å². The van der Waals surface area contributed by atoms with Crippen molar-refractivity contribution in [3.63, 3.8) is 0 Å². The van der Waals surface area contributed by atoms with E-state index >= 15 is 0 Å². The zero-order valence-corrected chi connectivity index (χ0v) is 19.6. The number of nitrogens with one attached hydrogen (secondary N) is 1. The number of ether oxygens (including phenoxy) is 3. The Morgan fingerprint density at radius 1 is 1.09 bits per heavy atom. The highest BCUT2D eigenvalue weighted by Crippen LogP contribution is 2.43. The molecule has 0 radical (unpaired) electrons. The lowest BCUT2D eigenvalue weighted by Gasteiger charge is -2.09. The van der Waals surface area contributed by atoms with Crippen molar-refractivity contribution in [2.45, 2.75) is 13.8 Å². The lowest BCUT2D eigenvalue weighted by molar-refractivity contribution is 0.340. The first kappa shape index (κ1) is 22.3. The molecule has 8 nitrogen and oxygen atoms in total. The van der Waals surface area contributed by atoms with Crippen LogP contribution in [0.3, 0.4) is 0 Å². The van der Waals surface area contributed by atoms with Crippen LogP contribution in [0.4, 0.5) is 5.82 Å². The predicted octanol–water partition coefficient (Wildman–Crippen LogP) is 5.23. The Morgan fingerprint density at radius 2 is 1.82 bits per heavy atom. The van der Waals surface area contributed by atoms with Crippen molar-refractivity contribution >= 4 is 33.6 Å². The summed E-state index contributed by atoms with van der Waals surface area (Å²) >= 11 is 1.59. The minimum atomic E-state index is -0.0588. The highest BCUT2D eigenvalue weighted by atomic mass is 32.1. The largest absolute Gasteiger partial charge is 0.502 e. The summed E-state index contributed by atoms with van der Waals surface area (Å²) in [5.74, 6) is 1.97. The number of thiophene rings is 1. The summed E-state index contributed by atoms with van der Waals surface area (Å²) in [5, 5.41) is 14.4. The number of hydrogen-bond donors (Lipinski definition) is 2. The third kappa shape index (κ3) is 4.40. The number of hydrazone groups is 1. The molecular formula is C24H24N4O4S. The molecule has 2 N–H and O–H groups in total. The van der Waals surface area contributed by atoms with Crippen molar-refractivity contribution in [2.75, 3.05) is 26.3 Å². The fourth-order valence-electron chi connectivity index (χ4n) is 3.45. The maximum Gasteiger partial charge on any atom is 0.200 e. The summed E-state index contributed by atoms with van der Waals surface area (Å²) in [6, 6.07) is 11.3. The number of rotatable bonds is 8. The molecule has 0 saturated carbocycles. The van der Waals surface area contributed by atoms with Crippen LogP contribution in [0.2, 0.25) is 0 Å². The predicted molar refractivity (Wildman–Crippen MR) is 131 cm³/mol. The van der Waals surface area contributed by atoms with E-state index in [9.17, 15) is 5.11 Å². The summed E-state index contributed by atoms with van der Waals surface area (Å²) in [6.07, 6.45) is 3.12. The molecule has 9 heteroatoms. The molecule has 2 aromatic carbocycles. The van der Waals surface area contributed by atoms with Crippen molar-refractivity contribution in [3.8, 4) is 33.4 Å². The van der Waals surface area contributed by atoms with Gasteiger partial charge in [0.2, 0.25) is 5.75 Å². The summed E-state index contributed by atoms with van der Waals surface area (Å²) in [7, 11) is 2.96. The summed E-state index contributed by atoms with van der Waals surface area (Å²) in [5.41, 5.74) is 6.65. The topological polar surface area (TPSA) is 98.1 Å². The molecule has 0 aliphatic rings. The highest BCUT2D eigenvalue weighted by Gasteiger charge is 2.17. The molecule has 4 rings (SSSR count). The number of benzene rings is 2. The molecule has 0 bridgehead atoms. The van der Waals surface area contributed by atoms with E-state index in [4.69, 9.17) is 14.2 Å². The molecular weight excluding hydrogens is 440 g/mol. The molecule has 0 aliphatic carbocycles. The van der Waals surface area contributed by atoms with E-state index in [1.807, 2.05) is 38.1 Å². The standard InChI is InChI=1S/C24H24N4O4S/c1-5-32-17-9-7-6-8-16(17)22-14(2)20-23(33-22)24(26-13-25-20)28-27-12-15-10-18(30-3)21(29)19(11-15)31-4/h6-13,29H,5H2,1-4H3,(H,25,26,28). The van der Waals surface area contributed by atoms with Gasteiger partial charge in [0, 0.05) is 16.0 Å². The van der Waals surface area contributed by atoms with Crippen LogP contribution in [-0.4, -0.2) is 42.1 Å². The first-order chi connectivity index (χ1) is 16.1. The van der Waals surface area contributed by atoms with Crippen molar-refractivity contribution in [1.82, 2.24) is 9.97 Å². The van der Waals surface area contributed by atoms with Crippen molar-refractivity contribution in [3.05, 3.63) is 53.9 Å². The second kappa shape index (κ2) is 9.74. The number of phenols is 1. The lowest BCUT2D eigenvalue weighted by Crippen LogP contribution is -1.96. The van der Waals surface area contributed by atoms with E-state index in [0.29, 0.717) is 29.5 Å². The van der Waals surface area contributed by atoms with Gasteiger partial charge in [-0.15, -0.1) is 11.3 Å². The Labute approximate surface area is 195 Å². The van der Waals surface area contributed by atoms with Crippen molar-refractivity contribution in [1.29, 1.82) is 0 Å². The van der Waals surface area contributed by atoms with E-state index in [2.05, 4.69) is 20.5 Å². The quantitative estimate of drug-likeness (QED) is 0.272. The van der Waals surface area contributed by atoms with Crippen molar-refractivity contribution in [2.24, 2.45) is 5.10 Å². The first-order valence-electron chi connectivity index (χ1n) is 10.3. The van der Waals surface area contributed by atoms with E-state index < -0.39 is 0 Å². The minimum Gasteiger partial charge on any atom is -0.502 e. The van der Waals surface area contributed by atoms with Crippen LogP contribution in [0.15, 0.2) is 47.8 Å². The molecule has 0 amide bonds. The van der Waals surface area contributed by atoms with Gasteiger partial charge in [-0.25, -0.2) is 9.97 Å². The number of nitrogens with zero attached hydrogens (tertiary/aromatic N) is 3. The molecule has 0 spiro atoms. The average molecular weight is 465 g/mol. The zero-order valence-electron chi connectivity index (χ0n) is 18.7. The Morgan fingerprint density at radius 3 is 2.52 bits per heavy atom. The van der Waals surface area contributed by atoms with Crippen molar-refractivity contribution < 1.29 is 19.3 Å². The molecule has 33 heavy (non-hydrogen) atoms. The number of fused-ring (bicyclic) bond motifs is 1. The van der Waals surface area contributed by atoms with Gasteiger partial charge in [0.25, 0.3) is 0 Å². The number of methoxy groups -OCH3 is 2. The smallest absolute Gasteiger partial charge is 0.200 e. The molecule has 2 heterocycles. The molecule has 0 atom stereocenters. The first-order valence-corrected chi connectivity index (χ1v) is 11.1. The van der Waals surface area contributed by atoms with E-state index in [1.54, 1.807) is 29.7 Å². The molecule has 0 fully saturated rings. The van der Waals surface area contributed by atoms with Crippen LogP contribution in [0.5, 0.6) is 23.0 Å². The Balaban J connectivity index is 1.67. The summed E-state index contributed by atoms with van der Waals surface area (Å²) < 4.78 is 17.1. The lowest BCUT2D eigenvalue weighted by atomic mass is 10.1. The minimum absolute atomic E-state index is 0.0588. The Bertz CT molecular complexity index is 1290. The van der Waals surface area contributed by atoms with Gasteiger partial charge in [-0.1, -0.05) is 12.1 Å². The van der Waals surface area contributed by atoms with Crippen LogP contribution < -0.4 is 19.6 Å². The van der Waals surface area contributed by atoms with Gasteiger partial charge < -0.3 is 19.3 Å². The number of phenolic OH excluding ortho intramolecular Hbond substituents is 1. The SMILES string of the molecule is CCOc1ccccc1-c1sc2c(NN=Cc3cc(OC)c(O)c(OC)c3)ncnc2c1C. The number of hydrogen-bond acceptors (Lipinski definition) is 9. The molecule has 2 aromatic heterocycles. The summed E-state index contributed by atoms with van der Waals surface area (Å²) in [4.78, 5) is 9.95.